The Morgan fingerprint density at radius 3 is 2.60 bits per heavy atom. The number of aliphatic hydroxyl groups excluding tert-OH is 1. The highest BCUT2D eigenvalue weighted by Crippen LogP contribution is 2.64. The van der Waals surface area contributed by atoms with Crippen molar-refractivity contribution in [1.29, 1.82) is 5.26 Å². The lowest BCUT2D eigenvalue weighted by Gasteiger charge is -2.61. The first-order chi connectivity index (χ1) is 22.6. The number of hydrogen-bond donors (Lipinski definition) is 1. The smallest absolute Gasteiger partial charge is 0.335 e. The minimum absolute atomic E-state index is 0.000855. The van der Waals surface area contributed by atoms with Crippen molar-refractivity contribution < 1.29 is 47.9 Å². The average molecular weight is 668 g/mol. The Kier molecular flexibility index (Phi) is 8.16. The lowest BCUT2D eigenvalue weighted by atomic mass is 9.71. The van der Waals surface area contributed by atoms with E-state index >= 15 is 0 Å². The quantitative estimate of drug-likeness (QED) is 0.283. The van der Waals surface area contributed by atoms with Crippen LogP contribution in [0.1, 0.15) is 57.6 Å². The topological polar surface area (TPSA) is 149 Å². The zero-order valence-electron chi connectivity index (χ0n) is 27.0. The predicted octanol–water partition coefficient (Wildman–Crippen LogP) is 2.87. The van der Waals surface area contributed by atoms with Crippen molar-refractivity contribution in [1.82, 2.24) is 9.80 Å². The summed E-state index contributed by atoms with van der Waals surface area (Å²) in [7, 11) is 5.17. The maximum absolute atomic E-state index is 12.9. The molecule has 47 heavy (non-hydrogen) atoms. The van der Waals surface area contributed by atoms with Gasteiger partial charge in [-0.05, 0) is 38.4 Å². The summed E-state index contributed by atoms with van der Waals surface area (Å²) < 4.78 is 41.3. The zero-order chi connectivity index (χ0) is 33.3. The van der Waals surface area contributed by atoms with Gasteiger partial charge in [0.15, 0.2) is 35.9 Å². The van der Waals surface area contributed by atoms with Crippen LogP contribution in [0, 0.1) is 25.2 Å². The van der Waals surface area contributed by atoms with Gasteiger partial charge in [-0.1, -0.05) is 6.07 Å². The van der Waals surface area contributed by atoms with Crippen molar-refractivity contribution >= 4 is 23.7 Å². The zero-order valence-corrected chi connectivity index (χ0v) is 27.8. The molecule has 0 radical (unpaired) electrons. The largest absolute Gasteiger partial charge is 0.493 e. The summed E-state index contributed by atoms with van der Waals surface area (Å²) in [5, 5.41) is 21.3. The lowest BCUT2D eigenvalue weighted by molar-refractivity contribution is -0.157. The number of esters is 2. The molecular weight excluding hydrogens is 630 g/mol. The van der Waals surface area contributed by atoms with Crippen molar-refractivity contribution in [2.45, 2.75) is 68.8 Å². The summed E-state index contributed by atoms with van der Waals surface area (Å²) in [6, 6.07) is 2.30. The van der Waals surface area contributed by atoms with Crippen LogP contribution in [0.4, 0.5) is 0 Å². The van der Waals surface area contributed by atoms with Crippen LogP contribution in [-0.2, 0) is 25.5 Å². The molecule has 5 heterocycles. The van der Waals surface area contributed by atoms with Crippen LogP contribution in [0.25, 0.3) is 0 Å². The van der Waals surface area contributed by atoms with Gasteiger partial charge in [0.2, 0.25) is 6.79 Å². The first-order valence-electron chi connectivity index (χ1n) is 15.4. The average Bonchev–Trinajstić information content (AvgIpc) is 3.53. The summed E-state index contributed by atoms with van der Waals surface area (Å²) in [6.45, 7) is 4.90. The van der Waals surface area contributed by atoms with Crippen molar-refractivity contribution in [2.24, 2.45) is 0 Å². The second-order valence-corrected chi connectivity index (χ2v) is 13.6. The molecule has 1 N–H and O–H groups in total. The fourth-order valence-electron chi connectivity index (χ4n) is 8.20. The number of cyclic esters (lactones) is 1. The minimum Gasteiger partial charge on any atom is -0.493 e. The second kappa shape index (κ2) is 12.1. The molecule has 250 valence electrons. The Morgan fingerprint density at radius 1 is 1.13 bits per heavy atom. The van der Waals surface area contributed by atoms with E-state index in [1.807, 2.05) is 20.9 Å². The molecule has 0 saturated carbocycles. The van der Waals surface area contributed by atoms with Crippen LogP contribution < -0.4 is 23.7 Å². The number of fused-ring (bicyclic) bond motifs is 9. The molecule has 7 atom stereocenters. The third-order valence-corrected chi connectivity index (χ3v) is 11.3. The Bertz CT molecular complexity index is 1690. The third kappa shape index (κ3) is 4.74. The number of methoxy groups -OCH3 is 2. The molecule has 4 bridgehead atoms. The van der Waals surface area contributed by atoms with E-state index in [-0.39, 0.29) is 38.0 Å². The molecule has 2 aromatic rings. The van der Waals surface area contributed by atoms with Gasteiger partial charge in [0.1, 0.15) is 18.4 Å². The van der Waals surface area contributed by atoms with Crippen molar-refractivity contribution in [3.05, 3.63) is 39.4 Å². The Labute approximate surface area is 276 Å². The molecule has 2 aromatic carbocycles. The van der Waals surface area contributed by atoms with Gasteiger partial charge >= 0.3 is 11.9 Å². The van der Waals surface area contributed by atoms with Crippen molar-refractivity contribution in [3.63, 3.8) is 0 Å². The molecule has 14 heteroatoms. The minimum atomic E-state index is -1.38. The van der Waals surface area contributed by atoms with E-state index in [1.165, 1.54) is 18.7 Å². The summed E-state index contributed by atoms with van der Waals surface area (Å²) in [5.41, 5.74) is 4.78. The number of aliphatic hydroxyl groups is 1. The van der Waals surface area contributed by atoms with Crippen LogP contribution in [0.3, 0.4) is 0 Å². The number of ether oxygens (including phenoxy) is 7. The number of aryl methyl sites for hydroxylation is 1. The number of hydrogen-bond acceptors (Lipinski definition) is 14. The van der Waals surface area contributed by atoms with Gasteiger partial charge in [0, 0.05) is 54.1 Å². The fourth-order valence-corrected chi connectivity index (χ4v) is 9.61. The number of nitrogens with zero attached hydrogens (tertiary/aromatic N) is 3. The third-order valence-electron chi connectivity index (χ3n) is 9.94. The van der Waals surface area contributed by atoms with Crippen LogP contribution in [0.2, 0.25) is 0 Å². The monoisotopic (exact) mass is 667 g/mol. The van der Waals surface area contributed by atoms with E-state index in [0.717, 1.165) is 16.7 Å². The van der Waals surface area contributed by atoms with E-state index < -0.39 is 41.4 Å². The fraction of sp³-hybridized carbons (Fsp3) is 0.545. The molecule has 1 unspecified atom stereocenters. The van der Waals surface area contributed by atoms with Gasteiger partial charge < -0.3 is 38.3 Å². The van der Waals surface area contributed by atoms with Gasteiger partial charge in [-0.15, -0.1) is 11.8 Å². The summed E-state index contributed by atoms with van der Waals surface area (Å²) in [4.78, 5) is 29.9. The number of piperazine rings is 1. The van der Waals surface area contributed by atoms with E-state index in [2.05, 4.69) is 21.9 Å². The summed E-state index contributed by atoms with van der Waals surface area (Å²) >= 11 is 1.35. The Morgan fingerprint density at radius 2 is 1.89 bits per heavy atom. The molecule has 0 amide bonds. The molecule has 13 nitrogen and oxygen atoms in total. The van der Waals surface area contributed by atoms with Crippen LogP contribution in [-0.4, -0.2) is 98.3 Å². The number of benzene rings is 2. The second-order valence-electron chi connectivity index (χ2n) is 12.4. The Balaban J connectivity index is 1.56. The van der Waals surface area contributed by atoms with Gasteiger partial charge in [-0.3, -0.25) is 14.6 Å². The highest BCUT2D eigenvalue weighted by Gasteiger charge is 2.60. The van der Waals surface area contributed by atoms with E-state index in [9.17, 15) is 20.0 Å². The highest BCUT2D eigenvalue weighted by molar-refractivity contribution is 7.99. The molecule has 0 aliphatic carbocycles. The standard InChI is InChI=1S/C33H37N3O10S/c1-14-7-17-8-18-19(9-34)36-20-10-42-33(39)21(38)11-47-32(24-23(20)31-29(44-13-45-31)15(2)28(24)46-16(3)37)26(36)25(35(18)4)22(17)30(27(14)41-6)43-12-40-5/h7,18-21,25-26,32,38H,8,10-13H2,1-6H3/t18-,19-,20+,21+,25+,26?,32+/m0/s1. The number of carbonyl (C=O) groups excluding carboxylic acids is 2. The summed E-state index contributed by atoms with van der Waals surface area (Å²) in [5.74, 6) is 1.15. The maximum atomic E-state index is 12.9. The SMILES string of the molecule is COCOc1c(OC)c(C)cc2c1[C@@H]1C3[C@@H]4SC[C@@H](O)C(=O)OC[C@H](c5c6c(c(C)c(OC(C)=O)c54)OCO6)N3[C@@H](C#N)[C@H](C2)N1C. The van der Waals surface area contributed by atoms with E-state index in [0.29, 0.717) is 51.9 Å². The molecule has 2 saturated heterocycles. The van der Waals surface area contributed by atoms with Crippen molar-refractivity contribution in [3.8, 4) is 34.8 Å². The summed E-state index contributed by atoms with van der Waals surface area (Å²) in [6.07, 6.45) is -0.829. The van der Waals surface area contributed by atoms with Gasteiger partial charge in [-0.25, -0.2) is 4.79 Å². The molecule has 2 fully saturated rings. The number of carbonyl (C=O) groups is 2. The first kappa shape index (κ1) is 31.8. The number of likely N-dealkylation sites (N-methyl/N-ethyl adjacent to an activating group) is 1. The van der Waals surface area contributed by atoms with Gasteiger partial charge in [0.25, 0.3) is 0 Å². The molecule has 5 aliphatic heterocycles. The normalized spacial score (nSPS) is 29.1. The number of thioether (sulfide) groups is 1. The molecule has 0 spiro atoms. The van der Waals surface area contributed by atoms with Crippen LogP contribution in [0.5, 0.6) is 28.7 Å². The highest BCUT2D eigenvalue weighted by atomic mass is 32.2. The molecule has 7 rings (SSSR count). The molecule has 5 aliphatic rings. The number of nitriles is 1. The van der Waals surface area contributed by atoms with E-state index in [4.69, 9.17) is 33.2 Å². The van der Waals surface area contributed by atoms with Crippen LogP contribution in [0.15, 0.2) is 6.07 Å². The lowest BCUT2D eigenvalue weighted by Crippen LogP contribution is -2.69. The van der Waals surface area contributed by atoms with Gasteiger partial charge in [-0.2, -0.15) is 5.26 Å². The van der Waals surface area contributed by atoms with Crippen LogP contribution >= 0.6 is 11.8 Å². The maximum Gasteiger partial charge on any atom is 0.335 e. The Hall–Kier alpha value is -3.74. The molecule has 0 aromatic heterocycles. The number of rotatable bonds is 5. The molecular formula is C33H37N3O10S. The van der Waals surface area contributed by atoms with E-state index in [1.54, 1.807) is 14.2 Å². The predicted molar refractivity (Wildman–Crippen MR) is 167 cm³/mol. The first-order valence-corrected chi connectivity index (χ1v) is 16.5. The van der Waals surface area contributed by atoms with Gasteiger partial charge in [0.05, 0.1) is 30.5 Å². The van der Waals surface area contributed by atoms with Crippen molar-refractivity contribution in [2.75, 3.05) is 47.2 Å².